The molecular weight excluding hydrogens is 328 g/mol. The molecule has 2 N–H and O–H groups in total. The van der Waals surface area contributed by atoms with Crippen molar-refractivity contribution in [1.82, 2.24) is 25.1 Å². The van der Waals surface area contributed by atoms with Crippen LogP contribution in [0.5, 0.6) is 0 Å². The van der Waals surface area contributed by atoms with E-state index in [1.54, 1.807) is 4.68 Å². The minimum absolute atomic E-state index is 0.00722. The number of benzene rings is 1. The van der Waals surface area contributed by atoms with Gasteiger partial charge >= 0.3 is 0 Å². The summed E-state index contributed by atoms with van der Waals surface area (Å²) >= 11 is 0. The molecule has 0 saturated heterocycles. The van der Waals surface area contributed by atoms with E-state index in [-0.39, 0.29) is 5.91 Å². The SMILES string of the molecule is Cc1cccc(CC(=O)NCCNc2cc(-n3ccc(C)n3)ncn2)c1. The van der Waals surface area contributed by atoms with Gasteiger partial charge in [-0.05, 0) is 25.5 Å². The first kappa shape index (κ1) is 17.6. The third-order valence-electron chi connectivity index (χ3n) is 3.81. The van der Waals surface area contributed by atoms with Crippen molar-refractivity contribution in [3.8, 4) is 5.82 Å². The quantitative estimate of drug-likeness (QED) is 0.637. The molecule has 0 bridgehead atoms. The van der Waals surface area contributed by atoms with Gasteiger partial charge in [-0.2, -0.15) is 5.10 Å². The maximum absolute atomic E-state index is 12.0. The van der Waals surface area contributed by atoms with E-state index in [4.69, 9.17) is 0 Å². The van der Waals surface area contributed by atoms with Crippen LogP contribution >= 0.6 is 0 Å². The molecule has 0 fully saturated rings. The van der Waals surface area contributed by atoms with Crippen LogP contribution in [0.25, 0.3) is 5.82 Å². The molecule has 0 unspecified atom stereocenters. The lowest BCUT2D eigenvalue weighted by Crippen LogP contribution is -2.30. The topological polar surface area (TPSA) is 84.7 Å². The monoisotopic (exact) mass is 350 g/mol. The Hall–Kier alpha value is -3.22. The molecule has 26 heavy (non-hydrogen) atoms. The summed E-state index contributed by atoms with van der Waals surface area (Å²) in [6, 6.07) is 11.7. The average molecular weight is 350 g/mol. The van der Waals surface area contributed by atoms with Gasteiger partial charge in [-0.25, -0.2) is 14.6 Å². The van der Waals surface area contributed by atoms with Crippen molar-refractivity contribution >= 4 is 11.7 Å². The van der Waals surface area contributed by atoms with Crippen molar-refractivity contribution in [1.29, 1.82) is 0 Å². The Morgan fingerprint density at radius 3 is 2.77 bits per heavy atom. The van der Waals surface area contributed by atoms with Crippen molar-refractivity contribution in [3.05, 3.63) is 65.7 Å². The van der Waals surface area contributed by atoms with Crippen LogP contribution in [-0.2, 0) is 11.2 Å². The zero-order valence-corrected chi connectivity index (χ0v) is 14.9. The Morgan fingerprint density at radius 1 is 1.12 bits per heavy atom. The van der Waals surface area contributed by atoms with Gasteiger partial charge < -0.3 is 10.6 Å². The second kappa shape index (κ2) is 8.24. The molecule has 1 aromatic carbocycles. The predicted molar refractivity (Wildman–Crippen MR) is 100 cm³/mol. The highest BCUT2D eigenvalue weighted by atomic mass is 16.1. The van der Waals surface area contributed by atoms with E-state index in [0.717, 1.165) is 16.8 Å². The van der Waals surface area contributed by atoms with E-state index in [9.17, 15) is 4.79 Å². The largest absolute Gasteiger partial charge is 0.368 e. The molecule has 1 amide bonds. The molecule has 3 rings (SSSR count). The van der Waals surface area contributed by atoms with Crippen LogP contribution in [0.3, 0.4) is 0 Å². The second-order valence-corrected chi connectivity index (χ2v) is 6.11. The number of rotatable bonds is 7. The maximum atomic E-state index is 12.0. The molecular formula is C19H22N6O. The van der Waals surface area contributed by atoms with Gasteiger partial charge in [0.15, 0.2) is 5.82 Å². The van der Waals surface area contributed by atoms with Crippen molar-refractivity contribution < 1.29 is 4.79 Å². The molecule has 0 radical (unpaired) electrons. The van der Waals surface area contributed by atoms with E-state index in [2.05, 4.69) is 25.7 Å². The highest BCUT2D eigenvalue weighted by molar-refractivity contribution is 5.78. The van der Waals surface area contributed by atoms with Gasteiger partial charge in [-0.15, -0.1) is 0 Å². The molecule has 0 aliphatic heterocycles. The summed E-state index contributed by atoms with van der Waals surface area (Å²) < 4.78 is 1.70. The number of amides is 1. The lowest BCUT2D eigenvalue weighted by atomic mass is 10.1. The molecule has 0 saturated carbocycles. The third kappa shape index (κ3) is 4.89. The Labute approximate surface area is 152 Å². The number of aromatic nitrogens is 4. The Bertz CT molecular complexity index is 889. The van der Waals surface area contributed by atoms with Gasteiger partial charge in [0.2, 0.25) is 5.91 Å². The Balaban J connectivity index is 1.45. The van der Waals surface area contributed by atoms with Crippen LogP contribution in [0.4, 0.5) is 5.82 Å². The molecule has 2 heterocycles. The summed E-state index contributed by atoms with van der Waals surface area (Å²) in [7, 11) is 0. The molecule has 2 aromatic heterocycles. The minimum atomic E-state index is 0.00722. The van der Waals surface area contributed by atoms with Gasteiger partial charge in [-0.1, -0.05) is 29.8 Å². The number of nitrogens with one attached hydrogen (secondary N) is 2. The van der Waals surface area contributed by atoms with E-state index < -0.39 is 0 Å². The summed E-state index contributed by atoms with van der Waals surface area (Å²) in [4.78, 5) is 20.4. The first-order valence-electron chi connectivity index (χ1n) is 8.51. The Kier molecular flexibility index (Phi) is 5.58. The number of anilines is 1. The van der Waals surface area contributed by atoms with E-state index in [0.29, 0.717) is 31.1 Å². The minimum Gasteiger partial charge on any atom is -0.368 e. The van der Waals surface area contributed by atoms with Crippen molar-refractivity contribution in [2.24, 2.45) is 0 Å². The summed E-state index contributed by atoms with van der Waals surface area (Å²) in [6.45, 7) is 5.04. The van der Waals surface area contributed by atoms with E-state index in [1.165, 1.54) is 6.33 Å². The summed E-state index contributed by atoms with van der Waals surface area (Å²) in [5.74, 6) is 1.39. The molecule has 7 nitrogen and oxygen atoms in total. The zero-order chi connectivity index (χ0) is 18.4. The number of hydrogen-bond acceptors (Lipinski definition) is 5. The van der Waals surface area contributed by atoms with Gasteiger partial charge in [-0.3, -0.25) is 4.79 Å². The number of hydrogen-bond donors (Lipinski definition) is 2. The van der Waals surface area contributed by atoms with E-state index >= 15 is 0 Å². The van der Waals surface area contributed by atoms with Crippen LogP contribution in [0.15, 0.2) is 48.9 Å². The van der Waals surface area contributed by atoms with Crippen molar-refractivity contribution in [2.45, 2.75) is 20.3 Å². The van der Waals surface area contributed by atoms with Gasteiger partial charge in [0.05, 0.1) is 12.1 Å². The first-order valence-corrected chi connectivity index (χ1v) is 8.51. The van der Waals surface area contributed by atoms with Crippen molar-refractivity contribution in [3.63, 3.8) is 0 Å². The fourth-order valence-electron chi connectivity index (χ4n) is 2.57. The normalized spacial score (nSPS) is 10.5. The fraction of sp³-hybridized carbons (Fsp3) is 0.263. The standard InChI is InChI=1S/C19H22N6O/c1-14-4-3-5-16(10-14)11-19(26)21-8-7-20-17-12-18(23-13-22-17)25-9-6-15(2)24-25/h3-6,9-10,12-13H,7-8,11H2,1-2H3,(H,21,26)(H,20,22,23). The fourth-order valence-corrected chi connectivity index (χ4v) is 2.57. The summed E-state index contributed by atoms with van der Waals surface area (Å²) in [6.07, 6.45) is 3.73. The molecule has 0 aliphatic rings. The van der Waals surface area contributed by atoms with E-state index in [1.807, 2.05) is 56.4 Å². The number of carbonyl (C=O) groups is 1. The number of aryl methyl sites for hydroxylation is 2. The average Bonchev–Trinajstić information content (AvgIpc) is 3.06. The molecule has 7 heteroatoms. The first-order chi connectivity index (χ1) is 12.6. The van der Waals surface area contributed by atoms with Crippen LogP contribution in [0, 0.1) is 13.8 Å². The molecule has 0 atom stereocenters. The third-order valence-corrected chi connectivity index (χ3v) is 3.81. The highest BCUT2D eigenvalue weighted by Crippen LogP contribution is 2.08. The highest BCUT2D eigenvalue weighted by Gasteiger charge is 2.04. The molecule has 134 valence electrons. The van der Waals surface area contributed by atoms with Crippen LogP contribution in [0.2, 0.25) is 0 Å². The second-order valence-electron chi connectivity index (χ2n) is 6.11. The molecule has 3 aromatic rings. The number of carbonyl (C=O) groups excluding carboxylic acids is 1. The smallest absolute Gasteiger partial charge is 0.224 e. The van der Waals surface area contributed by atoms with Crippen molar-refractivity contribution in [2.75, 3.05) is 18.4 Å². The van der Waals surface area contributed by atoms with Crippen LogP contribution < -0.4 is 10.6 Å². The maximum Gasteiger partial charge on any atom is 0.224 e. The lowest BCUT2D eigenvalue weighted by molar-refractivity contribution is -0.120. The van der Waals surface area contributed by atoms with Crippen LogP contribution in [-0.4, -0.2) is 38.7 Å². The van der Waals surface area contributed by atoms with Gasteiger partial charge in [0.25, 0.3) is 0 Å². The molecule has 0 spiro atoms. The zero-order valence-electron chi connectivity index (χ0n) is 14.9. The van der Waals surface area contributed by atoms with Crippen LogP contribution in [0.1, 0.15) is 16.8 Å². The van der Waals surface area contributed by atoms with Gasteiger partial charge in [0, 0.05) is 25.4 Å². The molecule has 0 aliphatic carbocycles. The summed E-state index contributed by atoms with van der Waals surface area (Å²) in [5.41, 5.74) is 3.10. The lowest BCUT2D eigenvalue weighted by Gasteiger charge is -2.09. The predicted octanol–water partition coefficient (Wildman–Crippen LogP) is 2.05. The summed E-state index contributed by atoms with van der Waals surface area (Å²) in [5, 5.41) is 10.4. The van der Waals surface area contributed by atoms with Gasteiger partial charge in [0.1, 0.15) is 12.1 Å². The Morgan fingerprint density at radius 2 is 2.00 bits per heavy atom. The number of nitrogens with zero attached hydrogens (tertiary/aromatic N) is 4.